The molecule has 6 heteroatoms. The second kappa shape index (κ2) is 6.02. The Balaban J connectivity index is 2.04. The highest BCUT2D eigenvalue weighted by Crippen LogP contribution is 2.27. The number of carbonyl (C=O) groups excluding carboxylic acids is 1. The molecule has 3 aromatic rings. The van der Waals surface area contributed by atoms with E-state index in [0.717, 1.165) is 11.0 Å². The van der Waals surface area contributed by atoms with Gasteiger partial charge in [0, 0.05) is 5.56 Å². The van der Waals surface area contributed by atoms with Crippen molar-refractivity contribution < 1.29 is 15.0 Å². The van der Waals surface area contributed by atoms with Crippen LogP contribution in [0.4, 0.5) is 0 Å². The third kappa shape index (κ3) is 2.84. The minimum absolute atomic E-state index is 0.118. The Morgan fingerprint density at radius 2 is 1.83 bits per heavy atom. The van der Waals surface area contributed by atoms with Gasteiger partial charge in [0.2, 0.25) is 0 Å². The van der Waals surface area contributed by atoms with Crippen LogP contribution < -0.4 is 0 Å². The summed E-state index contributed by atoms with van der Waals surface area (Å²) in [6.45, 7) is 1.68. The number of phenolic OH excluding ortho intramolecular Hbond substituents is 1. The fourth-order valence-electron chi connectivity index (χ4n) is 2.27. The highest BCUT2D eigenvalue weighted by atomic mass is 16.3. The summed E-state index contributed by atoms with van der Waals surface area (Å²) in [6.07, 6.45) is 1.36. The normalized spacial score (nSPS) is 12.8. The second-order valence-electron chi connectivity index (χ2n) is 5.03. The van der Waals surface area contributed by atoms with Crippen molar-refractivity contribution in [2.24, 2.45) is 0 Å². The molecule has 0 saturated heterocycles. The van der Waals surface area contributed by atoms with Crippen molar-refractivity contribution in [2.45, 2.75) is 13.0 Å². The van der Waals surface area contributed by atoms with Crippen LogP contribution in [0.5, 0.6) is 5.75 Å². The number of aliphatic hydroxyl groups excluding tert-OH is 1. The molecule has 2 N–H and O–H groups in total. The molecule has 0 amide bonds. The van der Waals surface area contributed by atoms with Crippen LogP contribution in [0.15, 0.2) is 54.6 Å². The van der Waals surface area contributed by atoms with Gasteiger partial charge in [-0.1, -0.05) is 18.2 Å². The molecule has 116 valence electrons. The highest BCUT2D eigenvalue weighted by molar-refractivity contribution is 5.94. The molecule has 1 atom stereocenters. The monoisotopic (exact) mass is 309 g/mol. The van der Waals surface area contributed by atoms with Crippen molar-refractivity contribution >= 4 is 16.8 Å². The van der Waals surface area contributed by atoms with E-state index >= 15 is 0 Å². The van der Waals surface area contributed by atoms with E-state index in [1.807, 2.05) is 24.3 Å². The first-order chi connectivity index (χ1) is 11.1. The summed E-state index contributed by atoms with van der Waals surface area (Å²) in [6, 6.07) is 11.9. The van der Waals surface area contributed by atoms with E-state index in [-0.39, 0.29) is 11.3 Å². The number of hydrogen-bond acceptors (Lipinski definition) is 5. The number of nitrogens with zero attached hydrogens (tertiary/aromatic N) is 3. The van der Waals surface area contributed by atoms with Gasteiger partial charge in [-0.3, -0.25) is 4.79 Å². The van der Waals surface area contributed by atoms with Crippen LogP contribution in [0.1, 0.15) is 18.6 Å². The predicted octanol–water partition coefficient (Wildman–Crippen LogP) is 2.30. The lowest BCUT2D eigenvalue weighted by molar-refractivity contribution is -0.122. The van der Waals surface area contributed by atoms with Gasteiger partial charge in [-0.15, -0.1) is 10.2 Å². The number of hydrogen-bond donors (Lipinski definition) is 2. The first-order valence-electron chi connectivity index (χ1n) is 7.10. The maximum atomic E-state index is 11.8. The fourth-order valence-corrected chi connectivity index (χ4v) is 2.27. The first kappa shape index (κ1) is 14.9. The molecule has 0 spiro atoms. The van der Waals surface area contributed by atoms with Gasteiger partial charge in [0.1, 0.15) is 22.9 Å². The number of aromatic nitrogens is 3. The van der Waals surface area contributed by atoms with Crippen molar-refractivity contribution in [1.29, 1.82) is 0 Å². The van der Waals surface area contributed by atoms with Crippen LogP contribution >= 0.6 is 0 Å². The number of benzene rings is 2. The summed E-state index contributed by atoms with van der Waals surface area (Å²) in [5.74, 6) is -0.658. The number of aliphatic hydroxyl groups is 1. The van der Waals surface area contributed by atoms with Gasteiger partial charge >= 0.3 is 0 Å². The van der Waals surface area contributed by atoms with Crippen LogP contribution in [0, 0.1) is 0 Å². The van der Waals surface area contributed by atoms with Crippen molar-refractivity contribution in [3.05, 3.63) is 60.2 Å². The van der Waals surface area contributed by atoms with Gasteiger partial charge in [0.15, 0.2) is 5.78 Å². The van der Waals surface area contributed by atoms with Crippen LogP contribution in [0.2, 0.25) is 0 Å². The fraction of sp³-hybridized carbons (Fsp3) is 0.118. The first-order valence-corrected chi connectivity index (χ1v) is 7.10. The number of rotatable bonds is 4. The van der Waals surface area contributed by atoms with Gasteiger partial charge in [0.05, 0.1) is 5.69 Å². The summed E-state index contributed by atoms with van der Waals surface area (Å²) in [4.78, 5) is 13.2. The van der Waals surface area contributed by atoms with E-state index in [0.29, 0.717) is 5.69 Å². The molecule has 1 heterocycles. The third-order valence-corrected chi connectivity index (χ3v) is 3.42. The van der Waals surface area contributed by atoms with Crippen LogP contribution in [0.25, 0.3) is 16.7 Å². The van der Waals surface area contributed by atoms with Gasteiger partial charge in [-0.25, -0.2) is 0 Å². The largest absolute Gasteiger partial charge is 0.508 e. The molecule has 1 aromatic heterocycles. The van der Waals surface area contributed by atoms with E-state index < -0.39 is 11.9 Å². The molecule has 0 bridgehead atoms. The molecule has 0 aliphatic carbocycles. The van der Waals surface area contributed by atoms with Crippen LogP contribution in [-0.4, -0.2) is 31.0 Å². The Labute approximate surface area is 132 Å². The molecule has 0 radical (unpaired) electrons. The molecule has 2 aromatic carbocycles. The second-order valence-corrected chi connectivity index (χ2v) is 5.03. The van der Waals surface area contributed by atoms with E-state index in [9.17, 15) is 15.0 Å². The summed E-state index contributed by atoms with van der Waals surface area (Å²) >= 11 is 0. The lowest BCUT2D eigenvalue weighted by Crippen LogP contribution is -2.10. The summed E-state index contributed by atoms with van der Waals surface area (Å²) in [5, 5.41) is 28.7. The number of aromatic hydroxyl groups is 1. The smallest absolute Gasteiger partial charge is 0.188 e. The van der Waals surface area contributed by atoms with Gasteiger partial charge in [0.25, 0.3) is 0 Å². The standard InChI is InChI=1S/C17H15N3O3/c1-2-5-16(22)17(23)12-10-11(8-9-15(12)21)20-18-13-6-3-4-7-14(13)19-20/h2-10,17,21,23H,1H3. The molecule has 6 nitrogen and oxygen atoms in total. The van der Waals surface area contributed by atoms with Crippen LogP contribution in [-0.2, 0) is 4.79 Å². The number of fused-ring (bicyclic) bond motifs is 1. The minimum atomic E-state index is -1.43. The van der Waals surface area contributed by atoms with E-state index in [1.165, 1.54) is 29.1 Å². The van der Waals surface area contributed by atoms with Crippen molar-refractivity contribution in [3.8, 4) is 11.4 Å². The number of ketones is 1. The lowest BCUT2D eigenvalue weighted by Gasteiger charge is -2.11. The molecule has 0 saturated carbocycles. The summed E-state index contributed by atoms with van der Waals surface area (Å²) < 4.78 is 0. The van der Waals surface area contributed by atoms with Crippen LogP contribution in [0.3, 0.4) is 0 Å². The molecule has 1 unspecified atom stereocenters. The molecular weight excluding hydrogens is 294 g/mol. The topological polar surface area (TPSA) is 88.2 Å². The van der Waals surface area contributed by atoms with Gasteiger partial charge in [-0.05, 0) is 43.3 Å². The van der Waals surface area contributed by atoms with E-state index in [4.69, 9.17) is 0 Å². The van der Waals surface area contributed by atoms with E-state index in [2.05, 4.69) is 10.2 Å². The average Bonchev–Trinajstić information content (AvgIpc) is 2.99. The Kier molecular flexibility index (Phi) is 3.91. The molecule has 23 heavy (non-hydrogen) atoms. The van der Waals surface area contributed by atoms with Gasteiger partial charge < -0.3 is 10.2 Å². The highest BCUT2D eigenvalue weighted by Gasteiger charge is 2.19. The van der Waals surface area contributed by atoms with Crippen molar-refractivity contribution in [2.75, 3.05) is 0 Å². The van der Waals surface area contributed by atoms with Crippen molar-refractivity contribution in [1.82, 2.24) is 15.0 Å². The quantitative estimate of drug-likeness (QED) is 0.722. The van der Waals surface area contributed by atoms with E-state index in [1.54, 1.807) is 13.0 Å². The maximum absolute atomic E-state index is 11.8. The van der Waals surface area contributed by atoms with Gasteiger partial charge in [-0.2, -0.15) is 4.80 Å². The predicted molar refractivity (Wildman–Crippen MR) is 85.3 cm³/mol. The Bertz CT molecular complexity index is 866. The SMILES string of the molecule is CC=CC(=O)C(O)c1cc(-n2nc3ccccc3n2)ccc1O. The number of phenols is 1. The molecule has 0 aliphatic rings. The van der Waals surface area contributed by atoms with Crippen molar-refractivity contribution in [3.63, 3.8) is 0 Å². The molecule has 0 fully saturated rings. The summed E-state index contributed by atoms with van der Waals surface area (Å²) in [7, 11) is 0. The maximum Gasteiger partial charge on any atom is 0.188 e. The molecule has 3 rings (SSSR count). The Morgan fingerprint density at radius 3 is 2.43 bits per heavy atom. The zero-order valence-corrected chi connectivity index (χ0v) is 12.4. The third-order valence-electron chi connectivity index (χ3n) is 3.42. The molecule has 0 aliphatic heterocycles. The lowest BCUT2D eigenvalue weighted by atomic mass is 10.0. The zero-order valence-electron chi connectivity index (χ0n) is 12.4. The Hall–Kier alpha value is -2.99. The summed E-state index contributed by atoms with van der Waals surface area (Å²) in [5.41, 5.74) is 2.12. The Morgan fingerprint density at radius 1 is 1.17 bits per heavy atom. The molecular formula is C17H15N3O3. The number of allylic oxidation sites excluding steroid dienone is 1. The number of carbonyl (C=O) groups is 1. The average molecular weight is 309 g/mol. The zero-order chi connectivity index (χ0) is 16.4. The minimum Gasteiger partial charge on any atom is -0.508 e.